The molecule has 0 saturated carbocycles. The van der Waals surface area contributed by atoms with E-state index in [9.17, 15) is 14.7 Å². The quantitative estimate of drug-likeness (QED) is 0.258. The van der Waals surface area contributed by atoms with Gasteiger partial charge in [0.25, 0.3) is 5.91 Å². The van der Waals surface area contributed by atoms with Crippen LogP contribution in [0.3, 0.4) is 0 Å². The molecule has 2 fully saturated rings. The van der Waals surface area contributed by atoms with Crippen molar-refractivity contribution in [1.29, 1.82) is 0 Å². The van der Waals surface area contributed by atoms with E-state index < -0.39 is 48.0 Å². The number of carboxylic acid groups (broad SMARTS) is 1. The number of carboxylic acids is 1. The minimum Gasteiger partial charge on any atom is -0.480 e. The topological polar surface area (TPSA) is 131 Å². The average Bonchev–Trinajstić information content (AvgIpc) is 3.65. The number of carbonyl (C=O) groups is 2. The highest BCUT2D eigenvalue weighted by molar-refractivity contribution is 6.30. The summed E-state index contributed by atoms with van der Waals surface area (Å²) in [6.45, 7) is 1.11. The Kier molecular flexibility index (Phi) is 8.35. The van der Waals surface area contributed by atoms with Gasteiger partial charge in [0.1, 0.15) is 35.5 Å². The Labute approximate surface area is 278 Å². The summed E-state index contributed by atoms with van der Waals surface area (Å²) in [5.74, 6) is -6.62. The summed E-state index contributed by atoms with van der Waals surface area (Å²) in [6.07, 6.45) is -0.193. The Morgan fingerprint density at radius 3 is 2.73 bits per heavy atom. The highest BCUT2D eigenvalue weighted by Gasteiger charge is 2.50. The normalized spacial score (nSPS) is 26.7. The first-order chi connectivity index (χ1) is 22.9. The molecule has 15 heteroatoms. The van der Waals surface area contributed by atoms with E-state index >= 15 is 13.2 Å². The van der Waals surface area contributed by atoms with E-state index in [0.29, 0.717) is 16.5 Å². The van der Waals surface area contributed by atoms with Gasteiger partial charge in [-0.05, 0) is 31.0 Å². The Bertz CT molecular complexity index is 1890. The highest BCUT2D eigenvalue weighted by atomic mass is 35.5. The molecule has 3 aromatic heterocycles. The van der Waals surface area contributed by atoms with Crippen molar-refractivity contribution in [1.82, 2.24) is 19.9 Å². The van der Waals surface area contributed by atoms with Crippen LogP contribution >= 0.6 is 11.6 Å². The number of hydrogen-bond donors (Lipinski definition) is 1. The molecule has 254 valence electrons. The third kappa shape index (κ3) is 5.78. The molecule has 6 bridgehead atoms. The van der Waals surface area contributed by atoms with Crippen LogP contribution in [0.4, 0.5) is 19.0 Å². The fourth-order valence-corrected chi connectivity index (χ4v) is 7.11. The Morgan fingerprint density at radius 1 is 1.12 bits per heavy atom. The van der Waals surface area contributed by atoms with Crippen molar-refractivity contribution in [2.24, 2.45) is 5.92 Å². The Balaban J connectivity index is 1.31. The number of rotatable bonds is 1. The van der Waals surface area contributed by atoms with Crippen LogP contribution in [0.1, 0.15) is 50.4 Å². The van der Waals surface area contributed by atoms with Crippen LogP contribution in [0.2, 0.25) is 5.02 Å². The largest absolute Gasteiger partial charge is 0.480 e. The van der Waals surface area contributed by atoms with Gasteiger partial charge in [0.05, 0.1) is 17.1 Å². The molecule has 48 heavy (non-hydrogen) atoms. The number of alkyl halides is 3. The van der Waals surface area contributed by atoms with Gasteiger partial charge in [0.15, 0.2) is 17.2 Å². The number of fused-ring (bicyclic) bond motifs is 12. The van der Waals surface area contributed by atoms with E-state index in [4.69, 9.17) is 25.5 Å². The number of halogens is 4. The number of benzene rings is 1. The summed E-state index contributed by atoms with van der Waals surface area (Å²) in [4.78, 5) is 41.7. The summed E-state index contributed by atoms with van der Waals surface area (Å²) in [6, 6.07) is 7.52. The molecular formula is C33H33ClF3N5O6. The first-order valence-electron chi connectivity index (χ1n) is 15.9. The molecular weight excluding hydrogens is 655 g/mol. The summed E-state index contributed by atoms with van der Waals surface area (Å²) in [5.41, 5.74) is -0.841. The maximum atomic E-state index is 17.0. The maximum absolute atomic E-state index is 17.0. The molecule has 4 aliphatic heterocycles. The monoisotopic (exact) mass is 687 g/mol. The molecule has 0 radical (unpaired) electrons. The third-order valence-electron chi connectivity index (χ3n) is 9.49. The van der Waals surface area contributed by atoms with E-state index in [2.05, 4.69) is 15.0 Å². The molecule has 1 amide bonds. The second kappa shape index (κ2) is 12.4. The smallest absolute Gasteiger partial charge is 0.326 e. The van der Waals surface area contributed by atoms with Crippen molar-refractivity contribution in [3.8, 4) is 5.88 Å². The Hall–Kier alpha value is -4.17. The fraction of sp³-hybridized carbons (Fsp3) is 0.485. The van der Waals surface area contributed by atoms with Crippen LogP contribution in [0.15, 0.2) is 40.9 Å². The van der Waals surface area contributed by atoms with Crippen LogP contribution in [0, 0.1) is 5.92 Å². The van der Waals surface area contributed by atoms with Crippen LogP contribution in [-0.2, 0) is 26.6 Å². The van der Waals surface area contributed by atoms with Gasteiger partial charge in [0, 0.05) is 56.5 Å². The van der Waals surface area contributed by atoms with E-state index in [1.807, 2.05) is 12.1 Å². The zero-order valence-corrected chi connectivity index (χ0v) is 26.8. The Morgan fingerprint density at radius 2 is 1.94 bits per heavy atom. The zero-order chi connectivity index (χ0) is 33.8. The predicted octanol–water partition coefficient (Wildman–Crippen LogP) is 5.90. The molecule has 1 N–H and O–H groups in total. The van der Waals surface area contributed by atoms with Gasteiger partial charge in [-0.3, -0.25) is 4.79 Å². The number of aromatic nitrogens is 3. The summed E-state index contributed by atoms with van der Waals surface area (Å²) < 4.78 is 65.3. The van der Waals surface area contributed by atoms with Crippen molar-refractivity contribution in [3.05, 3.63) is 52.9 Å². The van der Waals surface area contributed by atoms with Crippen LogP contribution < -0.4 is 9.64 Å². The number of ether oxygens (including phenoxy) is 2. The highest BCUT2D eigenvalue weighted by Crippen LogP contribution is 2.46. The average molecular weight is 688 g/mol. The minimum atomic E-state index is -3.62. The van der Waals surface area contributed by atoms with Crippen molar-refractivity contribution >= 4 is 51.4 Å². The third-order valence-corrected chi connectivity index (χ3v) is 9.70. The molecule has 4 aromatic rings. The second-order valence-electron chi connectivity index (χ2n) is 12.7. The summed E-state index contributed by atoms with van der Waals surface area (Å²) in [7, 11) is 0. The van der Waals surface area contributed by atoms with E-state index in [1.165, 1.54) is 19.2 Å². The number of para-hydroxylation sites is 1. The van der Waals surface area contributed by atoms with Gasteiger partial charge in [-0.25, -0.2) is 24.1 Å². The summed E-state index contributed by atoms with van der Waals surface area (Å²) >= 11 is 6.27. The van der Waals surface area contributed by atoms with Crippen molar-refractivity contribution in [2.45, 2.75) is 69.4 Å². The standard InChI is InChI=1S/C33H33ClF3N5O6/c1-18-15-41-10-9-32(18,35)22-12-19(34)14-38-29(22)47-20-13-23(30(43)44)42(16-20)28-27-26(21-6-2-3-7-24(21)48-27)39-25(40-28)17-46-11-5-4-8-33(36,37)31(41)45/h2-3,6-7,12,14,18,20,23H,4-5,8-11,13,15-17H2,1H3,(H,43,44)/t18-,20-,23-,32+/m0/s1. The number of carbonyl (C=O) groups excluding carboxylic acids is 1. The van der Waals surface area contributed by atoms with Crippen LogP contribution in [-0.4, -0.2) is 81.1 Å². The second-order valence-corrected chi connectivity index (χ2v) is 13.1. The first-order valence-corrected chi connectivity index (χ1v) is 16.3. The number of aliphatic carboxylic acids is 1. The summed E-state index contributed by atoms with van der Waals surface area (Å²) in [5, 5.41) is 11.1. The van der Waals surface area contributed by atoms with Crippen LogP contribution in [0.5, 0.6) is 5.88 Å². The van der Waals surface area contributed by atoms with Gasteiger partial charge >= 0.3 is 11.9 Å². The van der Waals surface area contributed by atoms with Crippen molar-refractivity contribution < 1.29 is 41.8 Å². The molecule has 0 spiro atoms. The SMILES string of the molecule is C[C@H]1CN2CC[C@]1(F)c1cc(Cl)cnc1O[C@H]1C[C@@H](C(=O)O)N(C1)c1nc(nc3c1oc1ccccc13)COCCCCC(F)(F)C2=O. The zero-order valence-electron chi connectivity index (χ0n) is 26.0. The van der Waals surface area contributed by atoms with E-state index in [1.54, 1.807) is 17.0 Å². The number of hydrogen-bond acceptors (Lipinski definition) is 9. The fourth-order valence-electron chi connectivity index (χ4n) is 6.96. The molecule has 8 rings (SSSR count). The lowest BCUT2D eigenvalue weighted by molar-refractivity contribution is -0.163. The number of pyridine rings is 1. The van der Waals surface area contributed by atoms with E-state index in [0.717, 1.165) is 4.90 Å². The van der Waals surface area contributed by atoms with Gasteiger partial charge in [-0.15, -0.1) is 0 Å². The number of amides is 1. The van der Waals surface area contributed by atoms with E-state index in [-0.39, 0.29) is 92.2 Å². The maximum Gasteiger partial charge on any atom is 0.326 e. The molecule has 0 unspecified atom stereocenters. The molecule has 0 aliphatic carbocycles. The van der Waals surface area contributed by atoms with Crippen molar-refractivity contribution in [3.63, 3.8) is 0 Å². The molecule has 4 aliphatic rings. The first kappa shape index (κ1) is 32.4. The number of furan rings is 1. The lowest BCUT2D eigenvalue weighted by Gasteiger charge is -2.42. The van der Waals surface area contributed by atoms with Gasteiger partial charge < -0.3 is 28.8 Å². The van der Waals surface area contributed by atoms with Crippen LogP contribution in [0.25, 0.3) is 22.1 Å². The number of anilines is 1. The lowest BCUT2D eigenvalue weighted by atomic mass is 9.78. The minimum absolute atomic E-state index is 0.00282. The number of nitrogens with zero attached hydrogens (tertiary/aromatic N) is 5. The predicted molar refractivity (Wildman–Crippen MR) is 168 cm³/mol. The molecule has 11 nitrogen and oxygen atoms in total. The van der Waals surface area contributed by atoms with Gasteiger partial charge in [-0.1, -0.05) is 30.7 Å². The van der Waals surface area contributed by atoms with Gasteiger partial charge in [-0.2, -0.15) is 8.78 Å². The molecule has 1 aromatic carbocycles. The lowest BCUT2D eigenvalue weighted by Crippen LogP contribution is -2.53. The molecule has 2 saturated heterocycles. The van der Waals surface area contributed by atoms with Crippen molar-refractivity contribution in [2.75, 3.05) is 31.1 Å². The molecule has 4 atom stereocenters. The molecule has 7 heterocycles. The number of piperidine rings is 1. The van der Waals surface area contributed by atoms with Gasteiger partial charge in [0.2, 0.25) is 5.88 Å².